The number of allylic oxidation sites excluding steroid dienone is 1. The monoisotopic (exact) mass is 670 g/mol. The number of likely N-dealkylation sites (N-methyl/N-ethyl adjacent to an activating group) is 1. The van der Waals surface area contributed by atoms with E-state index in [1.807, 2.05) is 42.5 Å². The number of nitrogens with zero attached hydrogens (tertiary/aromatic N) is 3. The standard InChI is InChI=1S/C38H36F2N4O3.ClH/c1-2-42-22-24-43(25-23-42)35(45)26-33-32-14-8-9-15-34(32)44(21-20-38(33,39)40)37(47)28-16-18-29(19-17-28)41-36(46)31-13-7-6-12-30(31)27-10-4-3-5-11-27;/h3-19,26H,2,20-25H2,1H3,(H,41,46);1H/b33-26-;. The van der Waals surface area contributed by atoms with Crippen molar-refractivity contribution in [2.24, 2.45) is 0 Å². The van der Waals surface area contributed by atoms with Gasteiger partial charge in [-0.1, -0.05) is 73.7 Å². The number of hydrogen-bond acceptors (Lipinski definition) is 4. The van der Waals surface area contributed by atoms with Crippen molar-refractivity contribution in [1.29, 1.82) is 0 Å². The Hall–Kier alpha value is -4.86. The quantitative estimate of drug-likeness (QED) is 0.219. The number of alkyl halides is 2. The molecule has 2 aliphatic heterocycles. The second kappa shape index (κ2) is 14.9. The number of piperazine rings is 1. The molecule has 10 heteroatoms. The van der Waals surface area contributed by atoms with Crippen molar-refractivity contribution in [2.75, 3.05) is 49.5 Å². The average Bonchev–Trinajstić information content (AvgIpc) is 3.22. The molecule has 6 rings (SSSR count). The zero-order valence-corrected chi connectivity index (χ0v) is 27.4. The van der Waals surface area contributed by atoms with E-state index in [1.165, 1.54) is 11.0 Å². The summed E-state index contributed by atoms with van der Waals surface area (Å²) in [5.74, 6) is -4.53. The molecule has 0 saturated carbocycles. The largest absolute Gasteiger partial charge is 0.337 e. The molecule has 2 heterocycles. The minimum Gasteiger partial charge on any atom is -0.337 e. The van der Waals surface area contributed by atoms with Crippen LogP contribution in [0.3, 0.4) is 0 Å². The molecular weight excluding hydrogens is 634 g/mol. The van der Waals surface area contributed by atoms with Gasteiger partial charge in [-0.15, -0.1) is 12.4 Å². The van der Waals surface area contributed by atoms with Crippen molar-refractivity contribution in [3.05, 3.63) is 126 Å². The number of carbonyl (C=O) groups is 3. The van der Waals surface area contributed by atoms with Crippen molar-refractivity contribution < 1.29 is 23.2 Å². The molecular formula is C38H37ClF2N4O3. The van der Waals surface area contributed by atoms with Crippen molar-refractivity contribution in [3.8, 4) is 11.1 Å². The molecule has 48 heavy (non-hydrogen) atoms. The Kier molecular flexibility index (Phi) is 10.7. The highest BCUT2D eigenvalue weighted by atomic mass is 35.5. The molecule has 1 N–H and O–H groups in total. The lowest BCUT2D eigenvalue weighted by molar-refractivity contribution is -0.127. The van der Waals surface area contributed by atoms with Gasteiger partial charge in [-0.2, -0.15) is 0 Å². The molecule has 4 aromatic rings. The molecule has 0 unspecified atom stereocenters. The molecule has 1 fully saturated rings. The van der Waals surface area contributed by atoms with Gasteiger partial charge in [0.2, 0.25) is 5.91 Å². The Balaban J connectivity index is 0.00000451. The summed E-state index contributed by atoms with van der Waals surface area (Å²) in [5.41, 5.74) is 3.09. The summed E-state index contributed by atoms with van der Waals surface area (Å²) < 4.78 is 31.4. The predicted octanol–water partition coefficient (Wildman–Crippen LogP) is 7.26. The van der Waals surface area contributed by atoms with Gasteiger partial charge in [-0.05, 0) is 54.1 Å². The minimum absolute atomic E-state index is 0. The van der Waals surface area contributed by atoms with Crippen LogP contribution in [0, 0.1) is 0 Å². The number of amides is 3. The maximum atomic E-state index is 15.7. The van der Waals surface area contributed by atoms with Crippen LogP contribution >= 0.6 is 12.4 Å². The normalized spacial score (nSPS) is 16.8. The summed E-state index contributed by atoms with van der Waals surface area (Å²) >= 11 is 0. The van der Waals surface area contributed by atoms with E-state index in [-0.39, 0.29) is 41.6 Å². The molecule has 0 spiro atoms. The maximum Gasteiger partial charge on any atom is 0.275 e. The predicted molar refractivity (Wildman–Crippen MR) is 188 cm³/mol. The van der Waals surface area contributed by atoms with Crippen molar-refractivity contribution >= 4 is 47.1 Å². The molecule has 1 saturated heterocycles. The maximum absolute atomic E-state index is 15.7. The molecule has 0 aromatic heterocycles. The zero-order valence-electron chi connectivity index (χ0n) is 26.6. The fourth-order valence-electron chi connectivity index (χ4n) is 6.14. The van der Waals surface area contributed by atoms with Crippen LogP contribution in [0.15, 0.2) is 109 Å². The molecule has 0 atom stereocenters. The second-order valence-electron chi connectivity index (χ2n) is 11.7. The third kappa shape index (κ3) is 7.32. The van der Waals surface area contributed by atoms with Gasteiger partial charge in [-0.25, -0.2) is 8.78 Å². The highest BCUT2D eigenvalue weighted by Crippen LogP contribution is 2.43. The fraction of sp³-hybridized carbons (Fsp3) is 0.237. The number of para-hydroxylation sites is 1. The van der Waals surface area contributed by atoms with Crippen molar-refractivity contribution in [2.45, 2.75) is 19.3 Å². The van der Waals surface area contributed by atoms with Gasteiger partial charge in [0.25, 0.3) is 17.7 Å². The summed E-state index contributed by atoms with van der Waals surface area (Å²) in [6.07, 6.45) is 0.424. The first kappa shape index (κ1) is 34.5. The first-order valence-corrected chi connectivity index (χ1v) is 15.8. The summed E-state index contributed by atoms with van der Waals surface area (Å²) in [6, 6.07) is 29.8. The van der Waals surface area contributed by atoms with E-state index in [0.29, 0.717) is 43.1 Å². The Bertz CT molecular complexity index is 1810. The van der Waals surface area contributed by atoms with Crippen LogP contribution in [0.25, 0.3) is 16.7 Å². The van der Waals surface area contributed by atoms with Gasteiger partial charge in [0.1, 0.15) is 0 Å². The number of halogens is 3. The lowest BCUT2D eigenvalue weighted by Gasteiger charge is -2.33. The van der Waals surface area contributed by atoms with E-state index in [1.54, 1.807) is 59.5 Å². The third-order valence-corrected chi connectivity index (χ3v) is 8.82. The lowest BCUT2D eigenvalue weighted by Crippen LogP contribution is -2.48. The summed E-state index contributed by atoms with van der Waals surface area (Å²) in [6.45, 7) is 5.04. The number of hydrogen-bond donors (Lipinski definition) is 1. The summed E-state index contributed by atoms with van der Waals surface area (Å²) in [7, 11) is 0. The van der Waals surface area contributed by atoms with Gasteiger partial charge < -0.3 is 20.0 Å². The second-order valence-corrected chi connectivity index (χ2v) is 11.7. The number of fused-ring (bicyclic) bond motifs is 1. The first-order valence-electron chi connectivity index (χ1n) is 15.8. The number of nitrogens with one attached hydrogen (secondary N) is 1. The highest BCUT2D eigenvalue weighted by molar-refractivity contribution is 6.11. The molecule has 0 bridgehead atoms. The average molecular weight is 671 g/mol. The van der Waals surface area contributed by atoms with Crippen LogP contribution in [0.4, 0.5) is 20.2 Å². The molecule has 2 aliphatic rings. The third-order valence-electron chi connectivity index (χ3n) is 8.82. The SMILES string of the molecule is CCN1CCN(C(=O)/C=C2/c3ccccc3N(C(=O)c3ccc(NC(=O)c4ccccc4-c4ccccc4)cc3)CCC2(F)F)CC1.Cl. The van der Waals surface area contributed by atoms with Crippen LogP contribution in [-0.2, 0) is 4.79 Å². The Morgan fingerprint density at radius 2 is 1.40 bits per heavy atom. The van der Waals surface area contributed by atoms with E-state index in [0.717, 1.165) is 23.7 Å². The first-order chi connectivity index (χ1) is 22.7. The fourth-order valence-corrected chi connectivity index (χ4v) is 6.14. The van der Waals surface area contributed by atoms with E-state index < -0.39 is 24.2 Å². The van der Waals surface area contributed by atoms with Crippen LogP contribution in [0.5, 0.6) is 0 Å². The van der Waals surface area contributed by atoms with Gasteiger partial charge in [0.15, 0.2) is 0 Å². The molecule has 3 amide bonds. The van der Waals surface area contributed by atoms with E-state index in [2.05, 4.69) is 17.1 Å². The van der Waals surface area contributed by atoms with Crippen LogP contribution in [-0.4, -0.2) is 72.7 Å². The topological polar surface area (TPSA) is 73.0 Å². The van der Waals surface area contributed by atoms with Crippen molar-refractivity contribution in [3.63, 3.8) is 0 Å². The molecule has 7 nitrogen and oxygen atoms in total. The van der Waals surface area contributed by atoms with E-state index in [9.17, 15) is 14.4 Å². The number of carbonyl (C=O) groups excluding carboxylic acids is 3. The lowest BCUT2D eigenvalue weighted by atomic mass is 9.96. The number of benzene rings is 4. The minimum atomic E-state index is -3.32. The Labute approximate surface area is 285 Å². The van der Waals surface area contributed by atoms with Gasteiger partial charge in [0, 0.05) is 73.2 Å². The number of rotatable bonds is 6. The van der Waals surface area contributed by atoms with Gasteiger partial charge in [0.05, 0.1) is 5.69 Å². The summed E-state index contributed by atoms with van der Waals surface area (Å²) in [4.78, 5) is 45.4. The van der Waals surface area contributed by atoms with Crippen molar-refractivity contribution in [1.82, 2.24) is 9.80 Å². The molecule has 0 aliphatic carbocycles. The Morgan fingerprint density at radius 3 is 2.08 bits per heavy atom. The van der Waals surface area contributed by atoms with E-state index in [4.69, 9.17) is 0 Å². The Morgan fingerprint density at radius 1 is 0.771 bits per heavy atom. The van der Waals surface area contributed by atoms with Crippen LogP contribution in [0.2, 0.25) is 0 Å². The zero-order chi connectivity index (χ0) is 33.0. The van der Waals surface area contributed by atoms with Gasteiger partial charge >= 0.3 is 0 Å². The highest BCUT2D eigenvalue weighted by Gasteiger charge is 2.41. The molecule has 4 aromatic carbocycles. The molecule has 248 valence electrons. The van der Waals surface area contributed by atoms with Crippen LogP contribution < -0.4 is 10.2 Å². The summed E-state index contributed by atoms with van der Waals surface area (Å²) in [5, 5.41) is 2.90. The van der Waals surface area contributed by atoms with Gasteiger partial charge in [-0.3, -0.25) is 14.4 Å². The smallest absolute Gasteiger partial charge is 0.275 e. The number of anilines is 2. The van der Waals surface area contributed by atoms with E-state index >= 15 is 8.78 Å². The molecule has 0 radical (unpaired) electrons. The van der Waals surface area contributed by atoms with Crippen LogP contribution in [0.1, 0.15) is 39.6 Å².